The van der Waals surface area contributed by atoms with E-state index in [-0.39, 0.29) is 5.54 Å². The van der Waals surface area contributed by atoms with Gasteiger partial charge in [-0.3, -0.25) is 0 Å². The second-order valence-corrected chi connectivity index (χ2v) is 6.17. The quantitative estimate of drug-likeness (QED) is 0.786. The Kier molecular flexibility index (Phi) is 3.41. The van der Waals surface area contributed by atoms with Gasteiger partial charge in [0.15, 0.2) is 5.65 Å². The molecule has 112 valence electrons. The predicted molar refractivity (Wildman–Crippen MR) is 90.1 cm³/mol. The predicted octanol–water partition coefficient (Wildman–Crippen LogP) is 3.33. The lowest BCUT2D eigenvalue weighted by Gasteiger charge is -2.19. The molecule has 0 saturated heterocycles. The molecular formula is C17H19N5. The third kappa shape index (κ3) is 2.57. The van der Waals surface area contributed by atoms with Gasteiger partial charge in [0.25, 0.3) is 0 Å². The molecule has 0 unspecified atom stereocenters. The molecule has 0 aliphatic rings. The van der Waals surface area contributed by atoms with E-state index >= 15 is 0 Å². The number of nitrogens with zero attached hydrogens (tertiary/aromatic N) is 4. The Hall–Kier alpha value is -2.69. The van der Waals surface area contributed by atoms with E-state index in [2.05, 4.69) is 35.8 Å². The van der Waals surface area contributed by atoms with E-state index in [1.165, 1.54) is 6.33 Å². The van der Waals surface area contributed by atoms with Crippen molar-refractivity contribution in [1.29, 1.82) is 0 Å². The average molecular weight is 293 g/mol. The Morgan fingerprint density at radius 2 is 1.77 bits per heavy atom. The summed E-state index contributed by atoms with van der Waals surface area (Å²) in [5, 5.41) is 5.48. The van der Waals surface area contributed by atoms with Crippen LogP contribution in [-0.2, 0) is 5.54 Å². The van der Waals surface area contributed by atoms with Crippen molar-refractivity contribution in [2.45, 2.75) is 26.3 Å². The monoisotopic (exact) mass is 293 g/mol. The van der Waals surface area contributed by atoms with E-state index in [9.17, 15) is 0 Å². The zero-order chi connectivity index (χ0) is 15.7. The van der Waals surface area contributed by atoms with E-state index in [0.29, 0.717) is 5.82 Å². The van der Waals surface area contributed by atoms with Crippen LogP contribution in [0, 0.1) is 0 Å². The van der Waals surface area contributed by atoms with Crippen LogP contribution in [0.5, 0.6) is 0 Å². The first kappa shape index (κ1) is 14.3. The number of benzene rings is 1. The molecule has 0 bridgehead atoms. The van der Waals surface area contributed by atoms with Gasteiger partial charge in [-0.05, 0) is 32.4 Å². The summed E-state index contributed by atoms with van der Waals surface area (Å²) >= 11 is 0. The van der Waals surface area contributed by atoms with Crippen molar-refractivity contribution < 1.29 is 0 Å². The fourth-order valence-electron chi connectivity index (χ4n) is 2.32. The van der Waals surface area contributed by atoms with Crippen LogP contribution in [0.2, 0.25) is 0 Å². The summed E-state index contributed by atoms with van der Waals surface area (Å²) in [6, 6.07) is 10.1. The number of fused-ring (bicyclic) bond motifs is 1. The summed E-state index contributed by atoms with van der Waals surface area (Å²) in [6.45, 7) is 6.26. The van der Waals surface area contributed by atoms with Gasteiger partial charge in [-0.2, -0.15) is 5.10 Å². The molecule has 0 atom stereocenters. The summed E-state index contributed by atoms with van der Waals surface area (Å²) in [5.74, 6) is 0.452. The summed E-state index contributed by atoms with van der Waals surface area (Å²) in [6.07, 6.45) is 5.45. The van der Waals surface area contributed by atoms with Gasteiger partial charge in [0.05, 0.1) is 16.6 Å². The van der Waals surface area contributed by atoms with Crippen LogP contribution in [0.25, 0.3) is 23.2 Å². The van der Waals surface area contributed by atoms with Crippen LogP contribution in [0.15, 0.2) is 36.7 Å². The number of nitrogen functional groups attached to an aromatic ring is 1. The molecule has 3 aromatic rings. The van der Waals surface area contributed by atoms with E-state index in [0.717, 1.165) is 22.3 Å². The lowest BCUT2D eigenvalue weighted by molar-refractivity contribution is 0.365. The number of anilines is 1. The Morgan fingerprint density at radius 1 is 1.05 bits per heavy atom. The lowest BCUT2D eigenvalue weighted by Crippen LogP contribution is -2.23. The Labute approximate surface area is 129 Å². The van der Waals surface area contributed by atoms with Crippen molar-refractivity contribution in [2.24, 2.45) is 0 Å². The normalized spacial score (nSPS) is 12.3. The van der Waals surface area contributed by atoms with Gasteiger partial charge in [0, 0.05) is 0 Å². The Bertz CT molecular complexity index is 825. The fraction of sp³-hybridized carbons (Fsp3) is 0.235. The molecular weight excluding hydrogens is 274 g/mol. The molecule has 0 spiro atoms. The number of aromatic nitrogens is 4. The minimum Gasteiger partial charge on any atom is -0.383 e. The maximum absolute atomic E-state index is 6.04. The molecule has 1 aromatic carbocycles. The Morgan fingerprint density at radius 3 is 2.45 bits per heavy atom. The van der Waals surface area contributed by atoms with Crippen molar-refractivity contribution in [2.75, 3.05) is 5.73 Å². The minimum atomic E-state index is -0.183. The van der Waals surface area contributed by atoms with Crippen molar-refractivity contribution in [3.05, 3.63) is 47.9 Å². The van der Waals surface area contributed by atoms with E-state index in [1.807, 2.05) is 47.2 Å². The smallest absolute Gasteiger partial charge is 0.164 e. The second kappa shape index (κ2) is 5.26. The largest absolute Gasteiger partial charge is 0.383 e. The van der Waals surface area contributed by atoms with Crippen LogP contribution >= 0.6 is 0 Å². The van der Waals surface area contributed by atoms with Crippen LogP contribution < -0.4 is 5.73 Å². The van der Waals surface area contributed by atoms with Crippen LogP contribution in [-0.4, -0.2) is 19.7 Å². The van der Waals surface area contributed by atoms with Gasteiger partial charge in [0.1, 0.15) is 12.1 Å². The first-order chi connectivity index (χ1) is 10.5. The number of rotatable bonds is 2. The topological polar surface area (TPSA) is 69.6 Å². The molecule has 0 aliphatic heterocycles. The SMILES string of the molecule is CC(C)(C)n1nc(/C=C/c2ccccc2)c2c(N)ncnc21. The molecule has 0 amide bonds. The number of nitrogens with two attached hydrogens (primary N) is 1. The first-order valence-corrected chi connectivity index (χ1v) is 7.19. The van der Waals surface area contributed by atoms with Gasteiger partial charge in [-0.1, -0.05) is 36.4 Å². The average Bonchev–Trinajstić information content (AvgIpc) is 2.86. The highest BCUT2D eigenvalue weighted by atomic mass is 15.3. The maximum Gasteiger partial charge on any atom is 0.164 e. The minimum absolute atomic E-state index is 0.183. The first-order valence-electron chi connectivity index (χ1n) is 7.19. The molecule has 2 heterocycles. The summed E-state index contributed by atoms with van der Waals surface area (Å²) in [7, 11) is 0. The van der Waals surface area contributed by atoms with Crippen LogP contribution in [0.4, 0.5) is 5.82 Å². The van der Waals surface area contributed by atoms with Crippen LogP contribution in [0.3, 0.4) is 0 Å². The molecule has 3 rings (SSSR count). The molecule has 0 radical (unpaired) electrons. The third-order valence-electron chi connectivity index (χ3n) is 3.39. The molecule has 2 aromatic heterocycles. The molecule has 2 N–H and O–H groups in total. The standard InChI is InChI=1S/C17H19N5/c1-17(2,3)22-16-14(15(18)19-11-20-16)13(21-22)10-9-12-7-5-4-6-8-12/h4-11H,1-3H3,(H2,18,19,20)/b10-9+. The fourth-order valence-corrected chi connectivity index (χ4v) is 2.32. The number of hydrogen-bond donors (Lipinski definition) is 1. The highest BCUT2D eigenvalue weighted by Gasteiger charge is 2.21. The van der Waals surface area contributed by atoms with Crippen LogP contribution in [0.1, 0.15) is 32.0 Å². The van der Waals surface area contributed by atoms with Gasteiger partial charge in [-0.15, -0.1) is 0 Å². The van der Waals surface area contributed by atoms with Gasteiger partial charge in [-0.25, -0.2) is 14.6 Å². The van der Waals surface area contributed by atoms with Gasteiger partial charge in [0.2, 0.25) is 0 Å². The number of hydrogen-bond acceptors (Lipinski definition) is 4. The zero-order valence-corrected chi connectivity index (χ0v) is 13.0. The van der Waals surface area contributed by atoms with Crippen molar-refractivity contribution in [3.63, 3.8) is 0 Å². The third-order valence-corrected chi connectivity index (χ3v) is 3.39. The molecule has 22 heavy (non-hydrogen) atoms. The second-order valence-electron chi connectivity index (χ2n) is 6.17. The summed E-state index contributed by atoms with van der Waals surface area (Å²) in [4.78, 5) is 8.46. The molecule has 0 saturated carbocycles. The highest BCUT2D eigenvalue weighted by molar-refractivity contribution is 5.94. The molecule has 5 heteroatoms. The summed E-state index contributed by atoms with van der Waals surface area (Å²) in [5.41, 5.74) is 8.51. The van der Waals surface area contributed by atoms with Gasteiger partial charge >= 0.3 is 0 Å². The van der Waals surface area contributed by atoms with E-state index in [4.69, 9.17) is 5.73 Å². The molecule has 5 nitrogen and oxygen atoms in total. The van der Waals surface area contributed by atoms with Crippen molar-refractivity contribution in [1.82, 2.24) is 19.7 Å². The lowest BCUT2D eigenvalue weighted by atomic mass is 10.1. The Balaban J connectivity index is 2.16. The molecule has 0 fully saturated rings. The molecule has 0 aliphatic carbocycles. The summed E-state index contributed by atoms with van der Waals surface area (Å²) < 4.78 is 1.89. The van der Waals surface area contributed by atoms with E-state index in [1.54, 1.807) is 0 Å². The van der Waals surface area contributed by atoms with Crippen molar-refractivity contribution >= 4 is 29.0 Å². The van der Waals surface area contributed by atoms with Crippen molar-refractivity contribution in [3.8, 4) is 0 Å². The van der Waals surface area contributed by atoms with E-state index < -0.39 is 0 Å². The van der Waals surface area contributed by atoms with Gasteiger partial charge < -0.3 is 5.73 Å². The highest BCUT2D eigenvalue weighted by Crippen LogP contribution is 2.27. The maximum atomic E-state index is 6.04. The zero-order valence-electron chi connectivity index (χ0n) is 13.0.